The van der Waals surface area contributed by atoms with Crippen LogP contribution < -0.4 is 16.0 Å². The Bertz CT molecular complexity index is 1150. The van der Waals surface area contributed by atoms with E-state index in [1.165, 1.54) is 6.07 Å². The number of hydrogen-bond donors (Lipinski definition) is 3. The van der Waals surface area contributed by atoms with Gasteiger partial charge in [0, 0.05) is 6.04 Å². The molecule has 30 heavy (non-hydrogen) atoms. The molecule has 3 N–H and O–H groups in total. The molecule has 4 aromatic rings. The molecule has 0 unspecified atom stereocenters. The van der Waals surface area contributed by atoms with Crippen LogP contribution in [0.15, 0.2) is 60.8 Å². The molecule has 0 radical (unpaired) electrons. The number of nitrogens with zero attached hydrogens (tertiary/aromatic N) is 4. The van der Waals surface area contributed by atoms with E-state index in [1.807, 2.05) is 34.9 Å². The quantitative estimate of drug-likeness (QED) is 0.470. The Morgan fingerprint density at radius 1 is 0.967 bits per heavy atom. The first-order valence-corrected chi connectivity index (χ1v) is 10.1. The summed E-state index contributed by atoms with van der Waals surface area (Å²) in [5.41, 5.74) is 2.52. The van der Waals surface area contributed by atoms with E-state index in [4.69, 9.17) is 4.98 Å². The Hall–Kier alpha value is -3.52. The van der Waals surface area contributed by atoms with E-state index < -0.39 is 0 Å². The van der Waals surface area contributed by atoms with Crippen molar-refractivity contribution < 1.29 is 4.39 Å². The summed E-state index contributed by atoms with van der Waals surface area (Å²) < 4.78 is 16.1. The Labute approximate surface area is 173 Å². The zero-order valence-electron chi connectivity index (χ0n) is 16.3. The van der Waals surface area contributed by atoms with E-state index >= 15 is 0 Å². The topological polar surface area (TPSA) is 79.7 Å². The lowest BCUT2D eigenvalue weighted by atomic mass is 10.1. The molecular formula is C22H22FN7. The summed E-state index contributed by atoms with van der Waals surface area (Å²) in [5, 5.41) is 9.90. The van der Waals surface area contributed by atoms with E-state index in [0.717, 1.165) is 31.6 Å². The fourth-order valence-electron chi connectivity index (χ4n) is 3.68. The number of anilines is 3. The van der Waals surface area contributed by atoms with E-state index in [2.05, 4.69) is 25.9 Å². The standard InChI is InChI=1S/C22H22FN7/c23-17-8-4-5-9-18(17)27-22-28-19-14-25-21(26-15-10-12-24-13-11-15)29-20(19)30(22)16-6-2-1-3-7-16/h1-9,14-15,24H,10-13H2,(H,27,28)(H,25,26,29). The summed E-state index contributed by atoms with van der Waals surface area (Å²) in [6.07, 6.45) is 3.76. The maximum atomic E-state index is 14.2. The van der Waals surface area contributed by atoms with E-state index in [9.17, 15) is 4.39 Å². The maximum Gasteiger partial charge on any atom is 0.224 e. The van der Waals surface area contributed by atoms with Crippen LogP contribution in [0.4, 0.5) is 22.0 Å². The van der Waals surface area contributed by atoms with Crippen LogP contribution in [0, 0.1) is 5.82 Å². The molecule has 152 valence electrons. The molecule has 0 atom stereocenters. The lowest BCUT2D eigenvalue weighted by Crippen LogP contribution is -2.35. The van der Waals surface area contributed by atoms with Crippen molar-refractivity contribution in [2.24, 2.45) is 0 Å². The van der Waals surface area contributed by atoms with Gasteiger partial charge in [0.25, 0.3) is 0 Å². The fourth-order valence-corrected chi connectivity index (χ4v) is 3.68. The number of para-hydroxylation sites is 2. The molecule has 1 aliphatic heterocycles. The first-order chi connectivity index (χ1) is 14.8. The van der Waals surface area contributed by atoms with Crippen molar-refractivity contribution >= 4 is 28.7 Å². The minimum atomic E-state index is -0.344. The van der Waals surface area contributed by atoms with Crippen molar-refractivity contribution in [2.45, 2.75) is 18.9 Å². The lowest BCUT2D eigenvalue weighted by Gasteiger charge is -2.23. The lowest BCUT2D eigenvalue weighted by molar-refractivity contribution is 0.477. The molecule has 1 aliphatic rings. The Morgan fingerprint density at radius 2 is 1.73 bits per heavy atom. The third-order valence-corrected chi connectivity index (χ3v) is 5.21. The molecule has 0 bridgehead atoms. The van der Waals surface area contributed by atoms with Crippen molar-refractivity contribution in [3.8, 4) is 5.69 Å². The molecule has 8 heteroatoms. The molecular weight excluding hydrogens is 381 g/mol. The van der Waals surface area contributed by atoms with Crippen molar-refractivity contribution in [3.05, 3.63) is 66.6 Å². The van der Waals surface area contributed by atoms with Gasteiger partial charge < -0.3 is 16.0 Å². The van der Waals surface area contributed by atoms with Crippen molar-refractivity contribution in [3.63, 3.8) is 0 Å². The summed E-state index contributed by atoms with van der Waals surface area (Å²) in [6.45, 7) is 1.97. The zero-order chi connectivity index (χ0) is 20.3. The minimum Gasteiger partial charge on any atom is -0.351 e. The van der Waals surface area contributed by atoms with Gasteiger partial charge >= 0.3 is 0 Å². The molecule has 1 saturated heterocycles. The molecule has 5 rings (SSSR count). The number of fused-ring (bicyclic) bond motifs is 1. The normalized spacial score (nSPS) is 14.7. The summed E-state index contributed by atoms with van der Waals surface area (Å²) >= 11 is 0. The predicted octanol–water partition coefficient (Wildman–Crippen LogP) is 3.86. The van der Waals surface area contributed by atoms with E-state index in [1.54, 1.807) is 24.4 Å². The summed E-state index contributed by atoms with van der Waals surface area (Å²) in [4.78, 5) is 13.8. The fraction of sp³-hybridized carbons (Fsp3) is 0.227. The molecule has 0 saturated carbocycles. The number of benzene rings is 2. The number of aromatic nitrogens is 4. The summed E-state index contributed by atoms with van der Waals surface area (Å²) in [6, 6.07) is 16.7. The highest BCUT2D eigenvalue weighted by atomic mass is 19.1. The molecule has 7 nitrogen and oxygen atoms in total. The molecule has 0 spiro atoms. The van der Waals surface area contributed by atoms with Gasteiger partial charge in [-0.3, -0.25) is 4.57 Å². The number of imidazole rings is 1. The number of piperidine rings is 1. The van der Waals surface area contributed by atoms with Crippen molar-refractivity contribution in [2.75, 3.05) is 23.7 Å². The van der Waals surface area contributed by atoms with Crippen LogP contribution in [0.1, 0.15) is 12.8 Å². The highest BCUT2D eigenvalue weighted by Crippen LogP contribution is 2.27. The maximum absolute atomic E-state index is 14.2. The first-order valence-electron chi connectivity index (χ1n) is 10.1. The van der Waals surface area contributed by atoms with Gasteiger partial charge in [0.15, 0.2) is 5.65 Å². The predicted molar refractivity (Wildman–Crippen MR) is 116 cm³/mol. The van der Waals surface area contributed by atoms with Crippen LogP contribution in [-0.4, -0.2) is 38.7 Å². The summed E-state index contributed by atoms with van der Waals surface area (Å²) in [5.74, 6) is 0.710. The molecule has 2 aromatic heterocycles. The smallest absolute Gasteiger partial charge is 0.224 e. The molecule has 0 amide bonds. The summed E-state index contributed by atoms with van der Waals surface area (Å²) in [7, 11) is 0. The van der Waals surface area contributed by atoms with Crippen LogP contribution in [0.2, 0.25) is 0 Å². The van der Waals surface area contributed by atoms with Crippen LogP contribution in [0.25, 0.3) is 16.9 Å². The Kier molecular flexibility index (Phi) is 4.98. The second-order valence-corrected chi connectivity index (χ2v) is 7.28. The average molecular weight is 403 g/mol. The first kappa shape index (κ1) is 18.5. The second kappa shape index (κ2) is 8.08. The average Bonchev–Trinajstić information content (AvgIpc) is 3.14. The van der Waals surface area contributed by atoms with Crippen LogP contribution in [-0.2, 0) is 0 Å². The van der Waals surface area contributed by atoms with Gasteiger partial charge in [-0.05, 0) is 50.2 Å². The third kappa shape index (κ3) is 3.69. The van der Waals surface area contributed by atoms with Crippen molar-refractivity contribution in [1.29, 1.82) is 0 Å². The molecule has 3 heterocycles. The highest BCUT2D eigenvalue weighted by Gasteiger charge is 2.18. The third-order valence-electron chi connectivity index (χ3n) is 5.21. The van der Waals surface area contributed by atoms with E-state index in [0.29, 0.717) is 34.8 Å². The van der Waals surface area contributed by atoms with Crippen LogP contribution >= 0.6 is 0 Å². The monoisotopic (exact) mass is 403 g/mol. The van der Waals surface area contributed by atoms with Gasteiger partial charge in [0.05, 0.1) is 17.6 Å². The number of hydrogen-bond acceptors (Lipinski definition) is 6. The van der Waals surface area contributed by atoms with Gasteiger partial charge in [-0.2, -0.15) is 4.98 Å². The SMILES string of the molecule is Fc1ccccc1Nc1nc2cnc(NC3CCNCC3)nc2n1-c1ccccc1. The highest BCUT2D eigenvalue weighted by molar-refractivity contribution is 5.79. The number of halogens is 1. The van der Waals surface area contributed by atoms with Crippen molar-refractivity contribution in [1.82, 2.24) is 24.8 Å². The van der Waals surface area contributed by atoms with Gasteiger partial charge in [-0.25, -0.2) is 14.4 Å². The second-order valence-electron chi connectivity index (χ2n) is 7.28. The molecule has 1 fully saturated rings. The Balaban J connectivity index is 1.58. The van der Waals surface area contributed by atoms with Gasteiger partial charge in [0.1, 0.15) is 11.3 Å². The number of nitrogens with one attached hydrogen (secondary N) is 3. The largest absolute Gasteiger partial charge is 0.351 e. The minimum absolute atomic E-state index is 0.341. The van der Waals surface area contributed by atoms with Gasteiger partial charge in [0.2, 0.25) is 11.9 Å². The van der Waals surface area contributed by atoms with Crippen LogP contribution in [0.5, 0.6) is 0 Å². The van der Waals surface area contributed by atoms with Gasteiger partial charge in [-0.1, -0.05) is 30.3 Å². The molecule has 0 aliphatic carbocycles. The van der Waals surface area contributed by atoms with Gasteiger partial charge in [-0.15, -0.1) is 0 Å². The number of rotatable bonds is 5. The van der Waals surface area contributed by atoms with E-state index in [-0.39, 0.29) is 5.82 Å². The van der Waals surface area contributed by atoms with Crippen LogP contribution in [0.3, 0.4) is 0 Å². The zero-order valence-corrected chi connectivity index (χ0v) is 16.3. The molecule has 2 aromatic carbocycles. The Morgan fingerprint density at radius 3 is 2.53 bits per heavy atom.